The molecule has 5 heteroatoms. The SMILES string of the molecule is CNOC[C@@H]1OCC[C@@H]1O[Si](c1ccccc1)(c1ccccc1)C(C)(C)C. The van der Waals surface area contributed by atoms with Gasteiger partial charge in [-0.25, -0.2) is 5.48 Å². The summed E-state index contributed by atoms with van der Waals surface area (Å²) in [6.45, 7) is 8.09. The lowest BCUT2D eigenvalue weighted by atomic mass is 10.2. The van der Waals surface area contributed by atoms with E-state index in [2.05, 4.69) is 86.9 Å². The van der Waals surface area contributed by atoms with E-state index in [0.717, 1.165) is 6.42 Å². The molecule has 1 saturated heterocycles. The van der Waals surface area contributed by atoms with E-state index in [1.54, 1.807) is 7.05 Å². The molecule has 1 fully saturated rings. The van der Waals surface area contributed by atoms with Gasteiger partial charge in [0.1, 0.15) is 6.10 Å². The molecule has 0 bridgehead atoms. The summed E-state index contributed by atoms with van der Waals surface area (Å²) in [5, 5.41) is 2.56. The Balaban J connectivity index is 2.07. The Morgan fingerprint density at radius 2 is 1.56 bits per heavy atom. The highest BCUT2D eigenvalue weighted by Crippen LogP contribution is 2.39. The second-order valence-electron chi connectivity index (χ2n) is 8.03. The van der Waals surface area contributed by atoms with Crippen LogP contribution in [0.25, 0.3) is 0 Å². The summed E-state index contributed by atoms with van der Waals surface area (Å²) >= 11 is 0. The van der Waals surface area contributed by atoms with Crippen LogP contribution < -0.4 is 15.9 Å². The summed E-state index contributed by atoms with van der Waals surface area (Å²) in [4.78, 5) is 5.42. The van der Waals surface area contributed by atoms with Gasteiger partial charge in [-0.05, 0) is 21.8 Å². The summed E-state index contributed by atoms with van der Waals surface area (Å²) < 4.78 is 13.1. The van der Waals surface area contributed by atoms with Gasteiger partial charge in [0, 0.05) is 13.7 Å². The third-order valence-electron chi connectivity index (χ3n) is 5.29. The molecule has 1 aliphatic heterocycles. The van der Waals surface area contributed by atoms with E-state index < -0.39 is 8.32 Å². The molecule has 1 N–H and O–H groups in total. The van der Waals surface area contributed by atoms with Gasteiger partial charge in [-0.3, -0.25) is 4.84 Å². The topological polar surface area (TPSA) is 39.7 Å². The molecule has 0 spiro atoms. The molecule has 1 aliphatic rings. The Labute approximate surface area is 163 Å². The molecule has 0 radical (unpaired) electrons. The second-order valence-corrected chi connectivity index (χ2v) is 12.3. The fourth-order valence-electron chi connectivity index (χ4n) is 4.00. The van der Waals surface area contributed by atoms with Gasteiger partial charge >= 0.3 is 0 Å². The third kappa shape index (κ3) is 4.17. The van der Waals surface area contributed by atoms with Crippen LogP contribution in [0.2, 0.25) is 5.04 Å². The quantitative estimate of drug-likeness (QED) is 0.588. The van der Waals surface area contributed by atoms with Crippen molar-refractivity contribution in [3.8, 4) is 0 Å². The lowest BCUT2D eigenvalue weighted by Crippen LogP contribution is -2.68. The van der Waals surface area contributed by atoms with Crippen LogP contribution in [0, 0.1) is 0 Å². The van der Waals surface area contributed by atoms with Crippen molar-refractivity contribution in [3.05, 3.63) is 60.7 Å². The zero-order valence-corrected chi connectivity index (χ0v) is 17.8. The Bertz CT molecular complexity index is 663. The van der Waals surface area contributed by atoms with Crippen LogP contribution in [0.5, 0.6) is 0 Å². The van der Waals surface area contributed by atoms with E-state index in [1.807, 2.05) is 0 Å². The Morgan fingerprint density at radius 1 is 1.00 bits per heavy atom. The van der Waals surface area contributed by atoms with Gasteiger partial charge in [-0.1, -0.05) is 81.4 Å². The number of hydroxylamine groups is 1. The third-order valence-corrected chi connectivity index (χ3v) is 10.3. The van der Waals surface area contributed by atoms with Crippen LogP contribution in [-0.2, 0) is 14.0 Å². The van der Waals surface area contributed by atoms with Crippen LogP contribution in [0.3, 0.4) is 0 Å². The molecule has 0 saturated carbocycles. The predicted molar refractivity (Wildman–Crippen MR) is 112 cm³/mol. The van der Waals surface area contributed by atoms with Crippen molar-refractivity contribution in [3.63, 3.8) is 0 Å². The first-order chi connectivity index (χ1) is 13.0. The normalized spacial score (nSPS) is 20.7. The van der Waals surface area contributed by atoms with Crippen molar-refractivity contribution in [2.75, 3.05) is 20.3 Å². The van der Waals surface area contributed by atoms with Crippen LogP contribution in [0.1, 0.15) is 27.2 Å². The molecule has 1 heterocycles. The standard InChI is InChI=1S/C22H31NO3Si/c1-22(2,3)27(18-11-7-5-8-12-18,19-13-9-6-10-14-19)26-20-15-16-24-21(20)17-25-23-4/h5-14,20-21,23H,15-17H2,1-4H3/t20-,21-/m0/s1. The Kier molecular flexibility index (Phi) is 6.50. The summed E-state index contributed by atoms with van der Waals surface area (Å²) in [6.07, 6.45) is 0.853. The highest BCUT2D eigenvalue weighted by molar-refractivity contribution is 6.99. The summed E-state index contributed by atoms with van der Waals surface area (Å²) in [7, 11) is -0.781. The first kappa shape index (κ1) is 20.2. The number of hydrogen-bond acceptors (Lipinski definition) is 4. The number of rotatable bonds is 7. The summed E-state index contributed by atoms with van der Waals surface area (Å²) in [5.41, 5.74) is 2.75. The van der Waals surface area contributed by atoms with Crippen molar-refractivity contribution in [1.82, 2.24) is 5.48 Å². The molecule has 4 nitrogen and oxygen atoms in total. The minimum absolute atomic E-state index is 0.0182. The van der Waals surface area contributed by atoms with E-state index in [-0.39, 0.29) is 17.2 Å². The van der Waals surface area contributed by atoms with E-state index in [0.29, 0.717) is 13.2 Å². The Hall–Kier alpha value is -1.50. The molecule has 0 unspecified atom stereocenters. The van der Waals surface area contributed by atoms with Gasteiger partial charge in [0.15, 0.2) is 0 Å². The summed E-state index contributed by atoms with van der Waals surface area (Å²) in [5.74, 6) is 0. The lowest BCUT2D eigenvalue weighted by Gasteiger charge is -2.45. The number of hydrogen-bond donors (Lipinski definition) is 1. The molecule has 2 aromatic rings. The smallest absolute Gasteiger partial charge is 0.261 e. The molecule has 146 valence electrons. The van der Waals surface area contributed by atoms with Gasteiger partial charge in [0.2, 0.25) is 0 Å². The minimum Gasteiger partial charge on any atom is -0.402 e. The summed E-state index contributed by atoms with van der Waals surface area (Å²) in [6, 6.07) is 21.5. The molecule has 27 heavy (non-hydrogen) atoms. The number of ether oxygens (including phenoxy) is 1. The molecule has 0 amide bonds. The van der Waals surface area contributed by atoms with Crippen molar-refractivity contribution < 1.29 is 14.0 Å². The molecule has 2 aromatic carbocycles. The first-order valence-electron chi connectivity index (χ1n) is 9.68. The maximum atomic E-state index is 7.15. The molecule has 0 aliphatic carbocycles. The fourth-order valence-corrected chi connectivity index (χ4v) is 8.74. The molecule has 2 atom stereocenters. The Morgan fingerprint density at radius 3 is 2.04 bits per heavy atom. The van der Waals surface area contributed by atoms with E-state index in [1.165, 1.54) is 10.4 Å². The van der Waals surface area contributed by atoms with Crippen LogP contribution in [0.4, 0.5) is 0 Å². The average Bonchev–Trinajstić information content (AvgIpc) is 3.11. The average molecular weight is 386 g/mol. The van der Waals surface area contributed by atoms with Crippen molar-refractivity contribution in [1.29, 1.82) is 0 Å². The second kappa shape index (κ2) is 8.67. The van der Waals surface area contributed by atoms with E-state index >= 15 is 0 Å². The predicted octanol–water partition coefficient (Wildman–Crippen LogP) is 2.87. The maximum absolute atomic E-state index is 7.15. The monoisotopic (exact) mass is 385 g/mol. The van der Waals surface area contributed by atoms with Crippen molar-refractivity contribution in [2.24, 2.45) is 0 Å². The van der Waals surface area contributed by atoms with Gasteiger partial charge in [-0.15, -0.1) is 0 Å². The first-order valence-corrected chi connectivity index (χ1v) is 11.6. The van der Waals surface area contributed by atoms with Crippen molar-refractivity contribution in [2.45, 2.75) is 44.4 Å². The fraction of sp³-hybridized carbons (Fsp3) is 0.455. The lowest BCUT2D eigenvalue weighted by molar-refractivity contribution is -0.0477. The van der Waals surface area contributed by atoms with Gasteiger partial charge in [0.05, 0.1) is 12.7 Å². The molecular weight excluding hydrogens is 354 g/mol. The van der Waals surface area contributed by atoms with Gasteiger partial charge in [0.25, 0.3) is 8.32 Å². The molecular formula is C22H31NO3Si. The maximum Gasteiger partial charge on any atom is 0.261 e. The highest BCUT2D eigenvalue weighted by atomic mass is 28.4. The minimum atomic E-state index is -2.55. The van der Waals surface area contributed by atoms with Crippen LogP contribution in [0.15, 0.2) is 60.7 Å². The largest absolute Gasteiger partial charge is 0.402 e. The highest BCUT2D eigenvalue weighted by Gasteiger charge is 2.52. The molecule has 3 rings (SSSR count). The number of benzene rings is 2. The zero-order valence-electron chi connectivity index (χ0n) is 16.8. The zero-order chi connectivity index (χ0) is 19.3. The van der Waals surface area contributed by atoms with Gasteiger partial charge in [-0.2, -0.15) is 0 Å². The molecule has 0 aromatic heterocycles. The van der Waals surface area contributed by atoms with E-state index in [4.69, 9.17) is 14.0 Å². The van der Waals surface area contributed by atoms with E-state index in [9.17, 15) is 0 Å². The van der Waals surface area contributed by atoms with Crippen molar-refractivity contribution >= 4 is 18.7 Å². The van der Waals surface area contributed by atoms with Crippen LogP contribution in [-0.4, -0.2) is 40.8 Å². The number of nitrogens with one attached hydrogen (secondary N) is 1. The van der Waals surface area contributed by atoms with Crippen LogP contribution >= 0.6 is 0 Å². The van der Waals surface area contributed by atoms with Gasteiger partial charge < -0.3 is 9.16 Å².